The molecule has 0 saturated heterocycles. The summed E-state index contributed by atoms with van der Waals surface area (Å²) in [6, 6.07) is 7.63. The third-order valence-electron chi connectivity index (χ3n) is 2.45. The zero-order valence-electron chi connectivity index (χ0n) is 10.4. The minimum Gasteiger partial charge on any atom is -0.370 e. The molecule has 2 aromatic rings. The van der Waals surface area contributed by atoms with Crippen LogP contribution in [0.25, 0.3) is 0 Å². The molecule has 0 aliphatic carbocycles. The molecule has 7 heteroatoms. The van der Waals surface area contributed by atoms with Crippen LogP contribution in [0.15, 0.2) is 33.7 Å². The lowest BCUT2D eigenvalue weighted by atomic mass is 10.3. The summed E-state index contributed by atoms with van der Waals surface area (Å²) in [6.07, 6.45) is -0.355. The number of ether oxygens (including phenoxy) is 1. The fourth-order valence-corrected chi connectivity index (χ4v) is 2.54. The molecule has 5 nitrogen and oxygen atoms in total. The molecule has 1 aromatic carbocycles. The van der Waals surface area contributed by atoms with Crippen LogP contribution in [-0.2, 0) is 10.5 Å². The van der Waals surface area contributed by atoms with Gasteiger partial charge < -0.3 is 15.0 Å². The summed E-state index contributed by atoms with van der Waals surface area (Å²) in [6.45, 7) is 0.301. The van der Waals surface area contributed by atoms with Crippen molar-refractivity contribution in [2.24, 2.45) is 5.73 Å². The largest absolute Gasteiger partial charge is 0.370 e. The van der Waals surface area contributed by atoms with E-state index < -0.39 is 0 Å². The number of benzene rings is 1. The molecule has 0 saturated carbocycles. The van der Waals surface area contributed by atoms with E-state index in [4.69, 9.17) is 26.6 Å². The molecule has 2 rings (SSSR count). The number of nitrogens with zero attached hydrogens (tertiary/aromatic N) is 2. The van der Waals surface area contributed by atoms with Gasteiger partial charge in [-0.3, -0.25) is 0 Å². The van der Waals surface area contributed by atoms with E-state index in [-0.39, 0.29) is 6.10 Å². The summed E-state index contributed by atoms with van der Waals surface area (Å²) in [5.41, 5.74) is 5.53. The van der Waals surface area contributed by atoms with Gasteiger partial charge in [0.05, 0.1) is 10.8 Å². The number of halogens is 1. The van der Waals surface area contributed by atoms with Crippen molar-refractivity contribution in [2.75, 3.05) is 13.7 Å². The Balaban J connectivity index is 1.99. The Labute approximate surface area is 120 Å². The lowest BCUT2D eigenvalue weighted by molar-refractivity contribution is 0.0804. The zero-order valence-corrected chi connectivity index (χ0v) is 11.9. The smallest absolute Gasteiger partial charge is 0.257 e. The molecule has 1 unspecified atom stereocenters. The maximum Gasteiger partial charge on any atom is 0.257 e. The van der Waals surface area contributed by atoms with Gasteiger partial charge in [-0.1, -0.05) is 28.9 Å². The standard InChI is InChI=1S/C12H14ClN3O2S/c1-17-9(6-14)12-15-11(16-18-12)7-19-10-5-3-2-4-8(10)13/h2-5,9H,6-7,14H2,1H3. The maximum atomic E-state index is 6.07. The number of methoxy groups -OCH3 is 1. The number of nitrogens with two attached hydrogens (primary N) is 1. The average Bonchev–Trinajstić information content (AvgIpc) is 2.88. The monoisotopic (exact) mass is 299 g/mol. The first-order valence-corrected chi connectivity index (χ1v) is 7.03. The topological polar surface area (TPSA) is 74.2 Å². The first-order valence-electron chi connectivity index (χ1n) is 5.67. The fraction of sp³-hybridized carbons (Fsp3) is 0.333. The normalized spacial score (nSPS) is 12.6. The van der Waals surface area contributed by atoms with E-state index in [1.54, 1.807) is 18.9 Å². The summed E-state index contributed by atoms with van der Waals surface area (Å²) in [5.74, 6) is 1.57. The Kier molecular flexibility index (Phi) is 5.21. The van der Waals surface area contributed by atoms with Crippen LogP contribution in [-0.4, -0.2) is 23.8 Å². The highest BCUT2D eigenvalue weighted by Gasteiger charge is 2.16. The van der Waals surface area contributed by atoms with Crippen molar-refractivity contribution >= 4 is 23.4 Å². The lowest BCUT2D eigenvalue weighted by Crippen LogP contribution is -2.14. The van der Waals surface area contributed by atoms with E-state index in [1.165, 1.54) is 0 Å². The number of rotatable bonds is 6. The van der Waals surface area contributed by atoms with Crippen LogP contribution in [0.2, 0.25) is 5.02 Å². The van der Waals surface area contributed by atoms with Crippen molar-refractivity contribution in [2.45, 2.75) is 16.8 Å². The molecule has 0 spiro atoms. The van der Waals surface area contributed by atoms with Crippen LogP contribution in [0.5, 0.6) is 0 Å². The van der Waals surface area contributed by atoms with Gasteiger partial charge in [0.15, 0.2) is 5.82 Å². The van der Waals surface area contributed by atoms with Crippen LogP contribution < -0.4 is 5.73 Å². The van der Waals surface area contributed by atoms with E-state index in [0.29, 0.717) is 29.0 Å². The molecule has 1 aromatic heterocycles. The van der Waals surface area contributed by atoms with Crippen LogP contribution in [0.3, 0.4) is 0 Å². The van der Waals surface area contributed by atoms with Crippen LogP contribution >= 0.6 is 23.4 Å². The van der Waals surface area contributed by atoms with Crippen molar-refractivity contribution in [3.8, 4) is 0 Å². The van der Waals surface area contributed by atoms with E-state index >= 15 is 0 Å². The molecular weight excluding hydrogens is 286 g/mol. The highest BCUT2D eigenvalue weighted by Crippen LogP contribution is 2.28. The molecule has 0 bridgehead atoms. The van der Waals surface area contributed by atoms with Gasteiger partial charge in [0.2, 0.25) is 0 Å². The molecule has 2 N–H and O–H groups in total. The van der Waals surface area contributed by atoms with E-state index in [1.807, 2.05) is 24.3 Å². The van der Waals surface area contributed by atoms with Crippen LogP contribution in [0.1, 0.15) is 17.8 Å². The highest BCUT2D eigenvalue weighted by molar-refractivity contribution is 7.98. The second-order valence-corrected chi connectivity index (χ2v) is 5.15. The zero-order chi connectivity index (χ0) is 13.7. The Morgan fingerprint density at radius 3 is 2.95 bits per heavy atom. The van der Waals surface area contributed by atoms with Crippen molar-refractivity contribution in [3.63, 3.8) is 0 Å². The Hall–Kier alpha value is -1.08. The minimum absolute atomic E-state index is 0.301. The van der Waals surface area contributed by atoms with Crippen molar-refractivity contribution in [1.29, 1.82) is 0 Å². The molecule has 1 heterocycles. The maximum absolute atomic E-state index is 6.07. The molecular formula is C12H14ClN3O2S. The number of hydrogen-bond donors (Lipinski definition) is 1. The molecule has 19 heavy (non-hydrogen) atoms. The molecule has 0 aliphatic rings. The minimum atomic E-state index is -0.355. The Morgan fingerprint density at radius 2 is 2.26 bits per heavy atom. The van der Waals surface area contributed by atoms with Crippen molar-refractivity contribution in [3.05, 3.63) is 41.0 Å². The van der Waals surface area contributed by atoms with Gasteiger partial charge >= 0.3 is 0 Å². The molecule has 0 radical (unpaired) electrons. The summed E-state index contributed by atoms with van der Waals surface area (Å²) in [5, 5.41) is 4.61. The van der Waals surface area contributed by atoms with Gasteiger partial charge in [0, 0.05) is 18.6 Å². The van der Waals surface area contributed by atoms with Gasteiger partial charge in [0.1, 0.15) is 6.10 Å². The van der Waals surface area contributed by atoms with Crippen LogP contribution in [0.4, 0.5) is 0 Å². The quantitative estimate of drug-likeness (QED) is 0.827. The van der Waals surface area contributed by atoms with Gasteiger partial charge in [-0.25, -0.2) is 0 Å². The number of thioether (sulfide) groups is 1. The third-order valence-corrected chi connectivity index (χ3v) is 3.96. The molecule has 0 amide bonds. The molecule has 0 fully saturated rings. The molecule has 102 valence electrons. The molecule has 1 atom stereocenters. The Bertz CT molecular complexity index is 531. The Morgan fingerprint density at radius 1 is 1.47 bits per heavy atom. The summed E-state index contributed by atoms with van der Waals surface area (Å²) in [7, 11) is 1.56. The van der Waals surface area contributed by atoms with E-state index in [2.05, 4.69) is 10.1 Å². The van der Waals surface area contributed by atoms with Crippen LogP contribution in [0, 0.1) is 0 Å². The highest BCUT2D eigenvalue weighted by atomic mass is 35.5. The summed E-state index contributed by atoms with van der Waals surface area (Å²) >= 11 is 7.62. The van der Waals surface area contributed by atoms with Crippen molar-refractivity contribution < 1.29 is 9.26 Å². The third kappa shape index (κ3) is 3.70. The predicted molar refractivity (Wildman–Crippen MR) is 74.1 cm³/mol. The first-order chi connectivity index (χ1) is 9.24. The summed E-state index contributed by atoms with van der Waals surface area (Å²) in [4.78, 5) is 5.23. The van der Waals surface area contributed by atoms with E-state index in [0.717, 1.165) is 4.90 Å². The van der Waals surface area contributed by atoms with Gasteiger partial charge in [-0.15, -0.1) is 11.8 Å². The van der Waals surface area contributed by atoms with Crippen molar-refractivity contribution in [1.82, 2.24) is 10.1 Å². The number of aromatic nitrogens is 2. The van der Waals surface area contributed by atoms with Gasteiger partial charge in [-0.05, 0) is 12.1 Å². The first kappa shape index (κ1) is 14.3. The van der Waals surface area contributed by atoms with Gasteiger partial charge in [-0.2, -0.15) is 4.98 Å². The predicted octanol–water partition coefficient (Wildman–Crippen LogP) is 2.66. The summed E-state index contributed by atoms with van der Waals surface area (Å²) < 4.78 is 10.2. The second-order valence-electron chi connectivity index (χ2n) is 3.73. The number of hydrogen-bond acceptors (Lipinski definition) is 6. The molecule has 0 aliphatic heterocycles. The van der Waals surface area contributed by atoms with E-state index in [9.17, 15) is 0 Å². The second kappa shape index (κ2) is 6.91. The SMILES string of the molecule is COC(CN)c1nc(CSc2ccccc2Cl)no1. The fourth-order valence-electron chi connectivity index (χ4n) is 1.46. The average molecular weight is 300 g/mol. The lowest BCUT2D eigenvalue weighted by Gasteiger charge is -2.05. The van der Waals surface area contributed by atoms with Gasteiger partial charge in [0.25, 0.3) is 5.89 Å².